The summed E-state index contributed by atoms with van der Waals surface area (Å²) in [5, 5.41) is 0. The maximum absolute atomic E-state index is 12.7. The van der Waals surface area contributed by atoms with Crippen LogP contribution < -0.4 is 0 Å². The molecular weight excluding hydrogens is 252 g/mol. The molecule has 1 saturated carbocycles. The Hall–Kier alpha value is -1.06. The summed E-state index contributed by atoms with van der Waals surface area (Å²) in [5.74, 6) is 0.356. The summed E-state index contributed by atoms with van der Waals surface area (Å²) in [4.78, 5) is 28.9. The topological polar surface area (TPSA) is 40.6 Å². The average molecular weight is 278 g/mol. The molecule has 0 spiro atoms. The van der Waals surface area contributed by atoms with E-state index < -0.39 is 0 Å². The van der Waals surface area contributed by atoms with E-state index >= 15 is 0 Å². The van der Waals surface area contributed by atoms with Crippen molar-refractivity contribution in [3.63, 3.8) is 0 Å². The van der Waals surface area contributed by atoms with Gasteiger partial charge in [-0.1, -0.05) is 12.8 Å². The number of piperidine rings is 1. The van der Waals surface area contributed by atoms with E-state index in [0.29, 0.717) is 25.0 Å². The highest BCUT2D eigenvalue weighted by atomic mass is 16.2. The van der Waals surface area contributed by atoms with Gasteiger partial charge in [0.1, 0.15) is 0 Å². The largest absolute Gasteiger partial charge is 0.340 e. The Morgan fingerprint density at radius 3 is 2.50 bits per heavy atom. The van der Waals surface area contributed by atoms with E-state index in [4.69, 9.17) is 0 Å². The van der Waals surface area contributed by atoms with Crippen molar-refractivity contribution < 1.29 is 9.59 Å². The Morgan fingerprint density at radius 1 is 1.10 bits per heavy atom. The van der Waals surface area contributed by atoms with Crippen LogP contribution in [-0.4, -0.2) is 46.8 Å². The molecule has 0 bridgehead atoms. The number of hydrogen-bond donors (Lipinski definition) is 0. The van der Waals surface area contributed by atoms with E-state index in [-0.39, 0.29) is 17.7 Å². The molecule has 0 unspecified atom stereocenters. The molecule has 0 radical (unpaired) electrons. The van der Waals surface area contributed by atoms with Crippen LogP contribution in [0.15, 0.2) is 0 Å². The third kappa shape index (κ3) is 2.57. The Bertz CT molecular complexity index is 390. The number of carbonyl (C=O) groups is 2. The second kappa shape index (κ2) is 5.74. The lowest BCUT2D eigenvalue weighted by atomic mass is 9.99. The summed E-state index contributed by atoms with van der Waals surface area (Å²) in [6.45, 7) is 3.70. The lowest BCUT2D eigenvalue weighted by molar-refractivity contribution is -0.139. The van der Waals surface area contributed by atoms with E-state index in [1.165, 1.54) is 19.3 Å². The highest BCUT2D eigenvalue weighted by Gasteiger charge is 2.41. The predicted octanol–water partition coefficient (Wildman–Crippen LogP) is 2.18. The van der Waals surface area contributed by atoms with Gasteiger partial charge >= 0.3 is 0 Å². The molecule has 3 rings (SSSR count). The summed E-state index contributed by atoms with van der Waals surface area (Å²) in [6.07, 6.45) is 8.62. The number of nitrogens with zero attached hydrogens (tertiary/aromatic N) is 2. The molecule has 1 aliphatic carbocycles. The van der Waals surface area contributed by atoms with E-state index in [1.54, 1.807) is 0 Å². The third-order valence-electron chi connectivity index (χ3n) is 5.36. The van der Waals surface area contributed by atoms with Crippen LogP contribution in [0.2, 0.25) is 0 Å². The van der Waals surface area contributed by atoms with Gasteiger partial charge in [-0.25, -0.2) is 0 Å². The van der Waals surface area contributed by atoms with Gasteiger partial charge < -0.3 is 9.80 Å². The van der Waals surface area contributed by atoms with Crippen LogP contribution in [0, 0.1) is 5.92 Å². The van der Waals surface area contributed by atoms with Crippen LogP contribution in [0.1, 0.15) is 58.3 Å². The lowest BCUT2D eigenvalue weighted by Gasteiger charge is -2.35. The van der Waals surface area contributed by atoms with Crippen molar-refractivity contribution in [2.75, 3.05) is 13.1 Å². The maximum atomic E-state index is 12.7. The first-order valence-electron chi connectivity index (χ1n) is 8.27. The van der Waals surface area contributed by atoms with Crippen LogP contribution in [0.3, 0.4) is 0 Å². The summed E-state index contributed by atoms with van der Waals surface area (Å²) in [6, 6.07) is 0.769. The van der Waals surface area contributed by atoms with Gasteiger partial charge in [0.25, 0.3) is 0 Å². The van der Waals surface area contributed by atoms with Crippen LogP contribution in [0.5, 0.6) is 0 Å². The van der Waals surface area contributed by atoms with Crippen LogP contribution in [0.4, 0.5) is 0 Å². The Kier molecular flexibility index (Phi) is 3.99. The van der Waals surface area contributed by atoms with Gasteiger partial charge in [0.05, 0.1) is 5.92 Å². The summed E-state index contributed by atoms with van der Waals surface area (Å²) in [5.41, 5.74) is 0. The number of amides is 2. The molecule has 2 heterocycles. The minimum atomic E-state index is -0.0800. The molecule has 3 aliphatic rings. The van der Waals surface area contributed by atoms with Crippen molar-refractivity contribution in [2.45, 2.75) is 70.4 Å². The van der Waals surface area contributed by atoms with Crippen LogP contribution in [0.25, 0.3) is 0 Å². The minimum Gasteiger partial charge on any atom is -0.340 e. The number of likely N-dealkylation sites (tertiary alicyclic amines) is 2. The zero-order valence-corrected chi connectivity index (χ0v) is 12.5. The highest BCUT2D eigenvalue weighted by Crippen LogP contribution is 2.31. The molecule has 0 aromatic heterocycles. The first-order valence-corrected chi connectivity index (χ1v) is 8.27. The fourth-order valence-corrected chi connectivity index (χ4v) is 4.13. The van der Waals surface area contributed by atoms with Gasteiger partial charge in [-0.05, 0) is 39.0 Å². The van der Waals surface area contributed by atoms with Gasteiger partial charge in [-0.3, -0.25) is 9.59 Å². The smallest absolute Gasteiger partial charge is 0.228 e. The molecule has 112 valence electrons. The predicted molar refractivity (Wildman–Crippen MR) is 77.1 cm³/mol. The summed E-state index contributed by atoms with van der Waals surface area (Å²) < 4.78 is 0. The molecule has 3 fully saturated rings. The molecule has 2 aliphatic heterocycles. The van der Waals surface area contributed by atoms with Crippen LogP contribution >= 0.6 is 0 Å². The molecular formula is C16H26N2O2. The highest BCUT2D eigenvalue weighted by molar-refractivity contribution is 5.89. The standard InChI is InChI=1S/C16H26N2O2/c1-12-6-4-5-9-17(12)16(20)13-10-15(19)18(11-13)14-7-2-3-8-14/h12-14H,2-11H2,1H3/t12-,13+/m0/s1. The lowest BCUT2D eigenvalue weighted by Crippen LogP contribution is -2.46. The van der Waals surface area contributed by atoms with E-state index in [0.717, 1.165) is 32.2 Å². The molecule has 2 amide bonds. The van der Waals surface area contributed by atoms with Gasteiger partial charge in [-0.15, -0.1) is 0 Å². The average Bonchev–Trinajstić information content (AvgIpc) is 3.07. The van der Waals surface area contributed by atoms with E-state index in [9.17, 15) is 9.59 Å². The monoisotopic (exact) mass is 278 g/mol. The molecule has 2 atom stereocenters. The Morgan fingerprint density at radius 2 is 1.80 bits per heavy atom. The minimum absolute atomic E-state index is 0.0800. The van der Waals surface area contributed by atoms with Crippen molar-refractivity contribution in [1.29, 1.82) is 0 Å². The maximum Gasteiger partial charge on any atom is 0.228 e. The molecule has 2 saturated heterocycles. The van der Waals surface area contributed by atoms with Gasteiger partial charge in [0.15, 0.2) is 0 Å². The normalized spacial score (nSPS) is 32.1. The molecule has 4 heteroatoms. The molecule has 0 N–H and O–H groups in total. The summed E-state index contributed by atoms with van der Waals surface area (Å²) in [7, 11) is 0. The van der Waals surface area contributed by atoms with Crippen molar-refractivity contribution in [2.24, 2.45) is 5.92 Å². The summed E-state index contributed by atoms with van der Waals surface area (Å²) >= 11 is 0. The van der Waals surface area contributed by atoms with Gasteiger partial charge in [0.2, 0.25) is 11.8 Å². The zero-order valence-electron chi connectivity index (χ0n) is 12.5. The van der Waals surface area contributed by atoms with E-state index in [2.05, 4.69) is 6.92 Å². The molecule has 4 nitrogen and oxygen atoms in total. The first-order chi connectivity index (χ1) is 9.66. The van der Waals surface area contributed by atoms with E-state index in [1.807, 2.05) is 9.80 Å². The van der Waals surface area contributed by atoms with Crippen molar-refractivity contribution in [3.8, 4) is 0 Å². The number of carbonyl (C=O) groups excluding carboxylic acids is 2. The first kappa shape index (κ1) is 13.9. The number of hydrogen-bond acceptors (Lipinski definition) is 2. The zero-order chi connectivity index (χ0) is 14.1. The van der Waals surface area contributed by atoms with Crippen molar-refractivity contribution in [3.05, 3.63) is 0 Å². The number of rotatable bonds is 2. The fraction of sp³-hybridized carbons (Fsp3) is 0.875. The SMILES string of the molecule is C[C@H]1CCCCN1C(=O)[C@@H]1CC(=O)N(C2CCCC2)C1. The second-order valence-corrected chi connectivity index (χ2v) is 6.76. The Balaban J connectivity index is 1.63. The second-order valence-electron chi connectivity index (χ2n) is 6.76. The quantitative estimate of drug-likeness (QED) is 0.777. The van der Waals surface area contributed by atoms with Gasteiger partial charge in [-0.2, -0.15) is 0 Å². The van der Waals surface area contributed by atoms with Crippen molar-refractivity contribution in [1.82, 2.24) is 9.80 Å². The van der Waals surface area contributed by atoms with Crippen LogP contribution in [-0.2, 0) is 9.59 Å². The molecule has 20 heavy (non-hydrogen) atoms. The fourth-order valence-electron chi connectivity index (χ4n) is 4.13. The van der Waals surface area contributed by atoms with Gasteiger partial charge in [0, 0.05) is 31.6 Å². The Labute approximate surface area is 121 Å². The molecule has 0 aromatic carbocycles. The van der Waals surface area contributed by atoms with Crippen molar-refractivity contribution >= 4 is 11.8 Å². The molecule has 0 aromatic rings. The third-order valence-corrected chi connectivity index (χ3v) is 5.36.